The van der Waals surface area contributed by atoms with Crippen molar-refractivity contribution in [2.75, 3.05) is 16.0 Å². The van der Waals surface area contributed by atoms with Crippen LogP contribution >= 0.6 is 11.3 Å². The molecule has 3 amide bonds. The number of nitrogens with zero attached hydrogens (tertiary/aromatic N) is 1. The fourth-order valence-corrected chi connectivity index (χ4v) is 3.57. The molecular formula is C21H18N4O4S. The zero-order chi connectivity index (χ0) is 21.1. The molecule has 3 aromatic rings. The van der Waals surface area contributed by atoms with Crippen LogP contribution in [-0.2, 0) is 16.0 Å². The Morgan fingerprint density at radius 3 is 2.77 bits per heavy atom. The Morgan fingerprint density at radius 2 is 1.97 bits per heavy atom. The van der Waals surface area contributed by atoms with Crippen molar-refractivity contribution in [3.8, 4) is 5.75 Å². The summed E-state index contributed by atoms with van der Waals surface area (Å²) < 4.78 is 5.50. The van der Waals surface area contributed by atoms with Crippen molar-refractivity contribution in [2.45, 2.75) is 19.4 Å². The molecule has 152 valence electrons. The zero-order valence-electron chi connectivity index (χ0n) is 16.0. The maximum atomic E-state index is 12.4. The first-order chi connectivity index (χ1) is 14.5. The number of benzene rings is 2. The number of carbonyl (C=O) groups is 3. The van der Waals surface area contributed by atoms with Gasteiger partial charge in [-0.15, -0.1) is 11.3 Å². The van der Waals surface area contributed by atoms with E-state index >= 15 is 0 Å². The van der Waals surface area contributed by atoms with Gasteiger partial charge >= 0.3 is 0 Å². The Balaban J connectivity index is 1.35. The van der Waals surface area contributed by atoms with Crippen LogP contribution in [0.4, 0.5) is 16.5 Å². The average molecular weight is 422 g/mol. The molecule has 1 aliphatic rings. The standard InChI is InChI=1S/C21H18N4O4S/c1-12-19(27)24-16-9-14(7-8-17(16)29-12)22-18(26)10-15-11-30-21(23-15)25-20(28)13-5-3-2-4-6-13/h2-9,11-12H,10H2,1H3,(H,22,26)(H,24,27)(H,23,25,28). The maximum Gasteiger partial charge on any atom is 0.265 e. The molecule has 1 unspecified atom stereocenters. The molecule has 2 heterocycles. The monoisotopic (exact) mass is 422 g/mol. The van der Waals surface area contributed by atoms with Crippen molar-refractivity contribution in [2.24, 2.45) is 0 Å². The smallest absolute Gasteiger partial charge is 0.265 e. The topological polar surface area (TPSA) is 109 Å². The number of aromatic nitrogens is 1. The zero-order valence-corrected chi connectivity index (χ0v) is 16.8. The van der Waals surface area contributed by atoms with E-state index in [0.29, 0.717) is 33.5 Å². The van der Waals surface area contributed by atoms with Gasteiger partial charge in [-0.2, -0.15) is 0 Å². The van der Waals surface area contributed by atoms with Gasteiger partial charge in [0.25, 0.3) is 11.8 Å². The minimum atomic E-state index is -0.556. The molecule has 1 aromatic heterocycles. The van der Waals surface area contributed by atoms with Crippen LogP contribution < -0.4 is 20.7 Å². The van der Waals surface area contributed by atoms with E-state index in [1.54, 1.807) is 54.8 Å². The molecular weight excluding hydrogens is 404 g/mol. The molecule has 30 heavy (non-hydrogen) atoms. The maximum absolute atomic E-state index is 12.4. The highest BCUT2D eigenvalue weighted by Gasteiger charge is 2.23. The summed E-state index contributed by atoms with van der Waals surface area (Å²) in [5.41, 5.74) is 2.12. The number of anilines is 3. The summed E-state index contributed by atoms with van der Waals surface area (Å²) >= 11 is 1.25. The lowest BCUT2D eigenvalue weighted by molar-refractivity contribution is -0.122. The number of fused-ring (bicyclic) bond motifs is 1. The summed E-state index contributed by atoms with van der Waals surface area (Å²) in [6.45, 7) is 1.67. The molecule has 0 saturated carbocycles. The molecule has 0 saturated heterocycles. The SMILES string of the molecule is CC1Oc2ccc(NC(=O)Cc3csc(NC(=O)c4ccccc4)n3)cc2NC1=O. The van der Waals surface area contributed by atoms with E-state index in [1.165, 1.54) is 11.3 Å². The van der Waals surface area contributed by atoms with E-state index in [0.717, 1.165) is 0 Å². The van der Waals surface area contributed by atoms with Crippen LogP contribution in [0, 0.1) is 0 Å². The lowest BCUT2D eigenvalue weighted by Gasteiger charge is -2.23. The summed E-state index contributed by atoms with van der Waals surface area (Å²) in [6.07, 6.45) is -0.506. The molecule has 0 aliphatic carbocycles. The highest BCUT2D eigenvalue weighted by atomic mass is 32.1. The van der Waals surface area contributed by atoms with E-state index in [-0.39, 0.29) is 24.1 Å². The number of hydrogen-bond acceptors (Lipinski definition) is 6. The molecule has 2 aromatic carbocycles. The fourth-order valence-electron chi connectivity index (χ4n) is 2.86. The average Bonchev–Trinajstić information content (AvgIpc) is 3.16. The van der Waals surface area contributed by atoms with Crippen LogP contribution in [0.3, 0.4) is 0 Å². The normalized spacial score (nSPS) is 14.8. The molecule has 4 rings (SSSR count). The second-order valence-electron chi connectivity index (χ2n) is 6.65. The van der Waals surface area contributed by atoms with Gasteiger partial charge in [-0.3, -0.25) is 19.7 Å². The molecule has 0 spiro atoms. The minimum Gasteiger partial charge on any atom is -0.479 e. The molecule has 0 fully saturated rings. The molecule has 0 radical (unpaired) electrons. The van der Waals surface area contributed by atoms with Gasteiger partial charge in [-0.1, -0.05) is 18.2 Å². The Morgan fingerprint density at radius 1 is 1.17 bits per heavy atom. The second-order valence-corrected chi connectivity index (χ2v) is 7.51. The van der Waals surface area contributed by atoms with Crippen molar-refractivity contribution in [3.63, 3.8) is 0 Å². The highest BCUT2D eigenvalue weighted by Crippen LogP contribution is 2.32. The van der Waals surface area contributed by atoms with Gasteiger partial charge in [-0.05, 0) is 37.3 Å². The number of ether oxygens (including phenoxy) is 1. The Labute approximate surface area is 176 Å². The summed E-state index contributed by atoms with van der Waals surface area (Å²) in [5, 5.41) is 10.4. The number of thiazole rings is 1. The molecule has 1 atom stereocenters. The summed E-state index contributed by atoms with van der Waals surface area (Å²) in [6, 6.07) is 13.9. The fraction of sp³-hybridized carbons (Fsp3) is 0.143. The van der Waals surface area contributed by atoms with Crippen molar-refractivity contribution in [1.82, 2.24) is 4.98 Å². The number of rotatable bonds is 5. The van der Waals surface area contributed by atoms with E-state index in [2.05, 4.69) is 20.9 Å². The van der Waals surface area contributed by atoms with E-state index in [9.17, 15) is 14.4 Å². The first kappa shape index (κ1) is 19.6. The Hall–Kier alpha value is -3.72. The Bertz CT molecular complexity index is 1110. The van der Waals surface area contributed by atoms with Crippen LogP contribution in [0.25, 0.3) is 0 Å². The molecule has 8 nitrogen and oxygen atoms in total. The quantitative estimate of drug-likeness (QED) is 0.585. The molecule has 1 aliphatic heterocycles. The molecule has 0 bridgehead atoms. The lowest BCUT2D eigenvalue weighted by Crippen LogP contribution is -2.34. The first-order valence-corrected chi connectivity index (χ1v) is 10.1. The molecule has 3 N–H and O–H groups in total. The number of carbonyl (C=O) groups excluding carboxylic acids is 3. The van der Waals surface area contributed by atoms with Gasteiger partial charge in [0.15, 0.2) is 11.2 Å². The Kier molecular flexibility index (Phi) is 5.44. The van der Waals surface area contributed by atoms with Crippen LogP contribution in [0.1, 0.15) is 23.0 Å². The predicted molar refractivity (Wildman–Crippen MR) is 114 cm³/mol. The first-order valence-electron chi connectivity index (χ1n) is 9.20. The highest BCUT2D eigenvalue weighted by molar-refractivity contribution is 7.14. The van der Waals surface area contributed by atoms with Crippen molar-refractivity contribution >= 4 is 45.6 Å². The van der Waals surface area contributed by atoms with Crippen LogP contribution in [0.5, 0.6) is 5.75 Å². The van der Waals surface area contributed by atoms with E-state index in [1.807, 2.05) is 6.07 Å². The van der Waals surface area contributed by atoms with E-state index in [4.69, 9.17) is 4.74 Å². The van der Waals surface area contributed by atoms with Gasteiger partial charge < -0.3 is 15.4 Å². The summed E-state index contributed by atoms with van der Waals surface area (Å²) in [7, 11) is 0. The molecule has 9 heteroatoms. The third-order valence-electron chi connectivity index (χ3n) is 4.34. The van der Waals surface area contributed by atoms with Crippen molar-refractivity contribution in [1.29, 1.82) is 0 Å². The van der Waals surface area contributed by atoms with Gasteiger partial charge in [0.1, 0.15) is 5.75 Å². The summed E-state index contributed by atoms with van der Waals surface area (Å²) in [5.74, 6) is -0.205. The van der Waals surface area contributed by atoms with E-state index < -0.39 is 6.10 Å². The van der Waals surface area contributed by atoms with Gasteiger partial charge in [0, 0.05) is 16.6 Å². The summed E-state index contributed by atoms with van der Waals surface area (Å²) in [4.78, 5) is 40.6. The number of amides is 3. The van der Waals surface area contributed by atoms with Gasteiger partial charge in [-0.25, -0.2) is 4.98 Å². The van der Waals surface area contributed by atoms with Gasteiger partial charge in [0.2, 0.25) is 5.91 Å². The van der Waals surface area contributed by atoms with Crippen molar-refractivity contribution in [3.05, 3.63) is 65.2 Å². The lowest BCUT2D eigenvalue weighted by atomic mass is 10.2. The minimum absolute atomic E-state index is 0.0503. The van der Waals surface area contributed by atoms with Crippen LogP contribution in [0.2, 0.25) is 0 Å². The third-order valence-corrected chi connectivity index (χ3v) is 5.15. The van der Waals surface area contributed by atoms with Crippen LogP contribution in [0.15, 0.2) is 53.9 Å². The van der Waals surface area contributed by atoms with Crippen LogP contribution in [-0.4, -0.2) is 28.8 Å². The van der Waals surface area contributed by atoms with Gasteiger partial charge in [0.05, 0.1) is 17.8 Å². The van der Waals surface area contributed by atoms with Crippen molar-refractivity contribution < 1.29 is 19.1 Å². The third kappa shape index (κ3) is 4.47. The second kappa shape index (κ2) is 8.34. The number of nitrogens with one attached hydrogen (secondary N) is 3. The largest absolute Gasteiger partial charge is 0.479 e. The predicted octanol–water partition coefficient (Wildman–Crippen LogP) is 3.30. The number of hydrogen-bond donors (Lipinski definition) is 3.